The molecule has 2 aromatic rings. The number of para-hydroxylation sites is 1. The van der Waals surface area contributed by atoms with Crippen LogP contribution in [0.3, 0.4) is 0 Å². The van der Waals surface area contributed by atoms with Crippen molar-refractivity contribution in [1.82, 2.24) is 10.6 Å². The normalized spacial score (nSPS) is 11.0. The van der Waals surface area contributed by atoms with Gasteiger partial charge in [-0.25, -0.2) is 4.99 Å². The van der Waals surface area contributed by atoms with E-state index in [0.29, 0.717) is 31.2 Å². The number of aromatic hydroxyl groups is 1. The van der Waals surface area contributed by atoms with Crippen molar-refractivity contribution in [3.05, 3.63) is 59.7 Å². The first-order chi connectivity index (χ1) is 12.1. The molecule has 0 aliphatic heterocycles. The van der Waals surface area contributed by atoms with Crippen LogP contribution in [0.25, 0.3) is 0 Å². The molecule has 8 heteroatoms. The number of halogens is 3. The molecule has 0 aliphatic rings. The van der Waals surface area contributed by atoms with Crippen LogP contribution >= 0.6 is 24.0 Å². The molecule has 0 aromatic heterocycles. The van der Waals surface area contributed by atoms with E-state index in [1.807, 2.05) is 6.92 Å². The summed E-state index contributed by atoms with van der Waals surface area (Å²) < 4.78 is 29.4. The van der Waals surface area contributed by atoms with Crippen LogP contribution in [-0.4, -0.2) is 24.2 Å². The SMILES string of the molecule is CCNC(=NCc1ccc(O)cc1)NCc1ccccc1OC(F)F.I. The molecule has 142 valence electrons. The van der Waals surface area contributed by atoms with Gasteiger partial charge in [0.25, 0.3) is 0 Å². The molecular weight excluding hydrogens is 455 g/mol. The number of rotatable bonds is 7. The van der Waals surface area contributed by atoms with E-state index in [-0.39, 0.29) is 35.5 Å². The Balaban J connectivity index is 0.00000338. The van der Waals surface area contributed by atoms with Gasteiger partial charge in [0.05, 0.1) is 6.54 Å². The Morgan fingerprint density at radius 3 is 2.46 bits per heavy atom. The molecule has 0 heterocycles. The number of aliphatic imine (C=N–C) groups is 1. The molecule has 3 N–H and O–H groups in total. The molecule has 2 aromatic carbocycles. The lowest BCUT2D eigenvalue weighted by Crippen LogP contribution is -2.36. The monoisotopic (exact) mass is 477 g/mol. The maximum atomic E-state index is 12.5. The van der Waals surface area contributed by atoms with Crippen LogP contribution in [0.4, 0.5) is 8.78 Å². The average Bonchev–Trinajstić information content (AvgIpc) is 2.59. The summed E-state index contributed by atoms with van der Waals surface area (Å²) in [6.45, 7) is 0.453. The standard InChI is InChI=1S/C18H21F2N3O2.HI/c1-2-21-18(22-11-13-7-9-15(24)10-8-13)23-12-14-5-3-4-6-16(14)25-17(19)20;/h3-10,17,24H,2,11-12H2,1H3,(H2,21,22,23);1H. The van der Waals surface area contributed by atoms with Crippen molar-refractivity contribution in [2.45, 2.75) is 26.6 Å². The topological polar surface area (TPSA) is 65.9 Å². The van der Waals surface area contributed by atoms with Gasteiger partial charge in [-0.05, 0) is 30.7 Å². The Morgan fingerprint density at radius 2 is 1.81 bits per heavy atom. The molecule has 0 aliphatic carbocycles. The number of alkyl halides is 2. The van der Waals surface area contributed by atoms with E-state index in [9.17, 15) is 13.9 Å². The zero-order valence-corrected chi connectivity index (χ0v) is 16.6. The fourth-order valence-corrected chi connectivity index (χ4v) is 2.15. The lowest BCUT2D eigenvalue weighted by atomic mass is 10.2. The summed E-state index contributed by atoms with van der Waals surface area (Å²) in [4.78, 5) is 4.44. The van der Waals surface area contributed by atoms with Gasteiger partial charge in [-0.15, -0.1) is 24.0 Å². The molecule has 0 saturated carbocycles. The van der Waals surface area contributed by atoms with E-state index in [2.05, 4.69) is 20.4 Å². The first-order valence-electron chi connectivity index (χ1n) is 7.91. The van der Waals surface area contributed by atoms with E-state index < -0.39 is 6.61 Å². The highest BCUT2D eigenvalue weighted by molar-refractivity contribution is 14.0. The van der Waals surface area contributed by atoms with Crippen LogP contribution in [0.5, 0.6) is 11.5 Å². The van der Waals surface area contributed by atoms with Crippen molar-refractivity contribution in [2.24, 2.45) is 4.99 Å². The van der Waals surface area contributed by atoms with Gasteiger partial charge >= 0.3 is 6.61 Å². The van der Waals surface area contributed by atoms with Crippen molar-refractivity contribution in [2.75, 3.05) is 6.54 Å². The summed E-state index contributed by atoms with van der Waals surface area (Å²) in [7, 11) is 0. The van der Waals surface area contributed by atoms with Crippen LogP contribution in [0.15, 0.2) is 53.5 Å². The highest BCUT2D eigenvalue weighted by atomic mass is 127. The maximum Gasteiger partial charge on any atom is 0.387 e. The number of guanidine groups is 1. The molecule has 2 rings (SSSR count). The molecule has 0 spiro atoms. The molecule has 0 amide bonds. The Labute approximate surface area is 168 Å². The highest BCUT2D eigenvalue weighted by Crippen LogP contribution is 2.19. The molecule has 0 bridgehead atoms. The highest BCUT2D eigenvalue weighted by Gasteiger charge is 2.09. The van der Waals surface area contributed by atoms with Crippen molar-refractivity contribution >= 4 is 29.9 Å². The van der Waals surface area contributed by atoms with Gasteiger partial charge in [0.1, 0.15) is 11.5 Å². The second kappa shape index (κ2) is 11.5. The van der Waals surface area contributed by atoms with Gasteiger partial charge in [-0.2, -0.15) is 8.78 Å². The Bertz CT molecular complexity index is 697. The number of hydrogen-bond acceptors (Lipinski definition) is 3. The fourth-order valence-electron chi connectivity index (χ4n) is 2.15. The average molecular weight is 477 g/mol. The van der Waals surface area contributed by atoms with E-state index in [0.717, 1.165) is 5.56 Å². The van der Waals surface area contributed by atoms with Gasteiger partial charge in [-0.1, -0.05) is 30.3 Å². The third kappa shape index (κ3) is 7.42. The lowest BCUT2D eigenvalue weighted by Gasteiger charge is -2.14. The summed E-state index contributed by atoms with van der Waals surface area (Å²) in [5, 5.41) is 15.5. The van der Waals surface area contributed by atoms with Crippen LogP contribution in [0.1, 0.15) is 18.1 Å². The van der Waals surface area contributed by atoms with Crippen molar-refractivity contribution in [3.63, 3.8) is 0 Å². The van der Waals surface area contributed by atoms with Crippen LogP contribution in [0.2, 0.25) is 0 Å². The number of benzene rings is 2. The minimum Gasteiger partial charge on any atom is -0.508 e. The number of nitrogens with zero attached hydrogens (tertiary/aromatic N) is 1. The van der Waals surface area contributed by atoms with Gasteiger partial charge in [0.2, 0.25) is 0 Å². The Hall–Kier alpha value is -2.10. The fraction of sp³-hybridized carbons (Fsp3) is 0.278. The summed E-state index contributed by atoms with van der Waals surface area (Å²) in [5.41, 5.74) is 1.55. The zero-order valence-electron chi connectivity index (χ0n) is 14.3. The smallest absolute Gasteiger partial charge is 0.387 e. The van der Waals surface area contributed by atoms with E-state index >= 15 is 0 Å². The third-order valence-corrected chi connectivity index (χ3v) is 3.34. The Kier molecular flexibility index (Phi) is 9.71. The molecule has 0 radical (unpaired) electrons. The van der Waals surface area contributed by atoms with Crippen molar-refractivity contribution < 1.29 is 18.6 Å². The molecule has 0 saturated heterocycles. The first-order valence-corrected chi connectivity index (χ1v) is 7.91. The molecule has 0 atom stereocenters. The largest absolute Gasteiger partial charge is 0.508 e. The predicted octanol–water partition coefficient (Wildman–Crippen LogP) is 3.87. The second-order valence-corrected chi connectivity index (χ2v) is 5.20. The van der Waals surface area contributed by atoms with Crippen molar-refractivity contribution in [1.29, 1.82) is 0 Å². The van der Waals surface area contributed by atoms with Crippen molar-refractivity contribution in [3.8, 4) is 11.5 Å². The minimum absolute atomic E-state index is 0. The molecule has 5 nitrogen and oxygen atoms in total. The van der Waals surface area contributed by atoms with E-state index in [4.69, 9.17) is 0 Å². The third-order valence-electron chi connectivity index (χ3n) is 3.34. The predicted molar refractivity (Wildman–Crippen MR) is 108 cm³/mol. The summed E-state index contributed by atoms with van der Waals surface area (Å²) in [6.07, 6.45) is 0. The van der Waals surface area contributed by atoms with Gasteiger partial charge < -0.3 is 20.5 Å². The molecule has 0 unspecified atom stereocenters. The summed E-state index contributed by atoms with van der Waals surface area (Å²) in [6, 6.07) is 13.4. The van der Waals surface area contributed by atoms with Gasteiger partial charge in [-0.3, -0.25) is 0 Å². The number of hydrogen-bond donors (Lipinski definition) is 3. The van der Waals surface area contributed by atoms with Gasteiger partial charge in [0.15, 0.2) is 5.96 Å². The number of phenolic OH excluding ortho intramolecular Hbond substituents is 1. The second-order valence-electron chi connectivity index (χ2n) is 5.20. The quantitative estimate of drug-likeness (QED) is 0.322. The zero-order chi connectivity index (χ0) is 18.1. The maximum absolute atomic E-state index is 12.5. The van der Waals surface area contributed by atoms with Crippen LogP contribution in [0, 0.1) is 0 Å². The summed E-state index contributed by atoms with van der Waals surface area (Å²) >= 11 is 0. The Morgan fingerprint density at radius 1 is 1.12 bits per heavy atom. The van der Waals surface area contributed by atoms with E-state index in [1.165, 1.54) is 6.07 Å². The van der Waals surface area contributed by atoms with Crippen LogP contribution in [-0.2, 0) is 13.1 Å². The number of phenols is 1. The number of nitrogens with one attached hydrogen (secondary N) is 2. The first kappa shape index (κ1) is 21.9. The van der Waals surface area contributed by atoms with Crippen LogP contribution < -0.4 is 15.4 Å². The number of ether oxygens (including phenoxy) is 1. The lowest BCUT2D eigenvalue weighted by molar-refractivity contribution is -0.0504. The van der Waals surface area contributed by atoms with Gasteiger partial charge in [0, 0.05) is 18.7 Å². The molecule has 26 heavy (non-hydrogen) atoms. The molecule has 0 fully saturated rings. The minimum atomic E-state index is -2.86. The summed E-state index contributed by atoms with van der Waals surface area (Å²) in [5.74, 6) is 0.898. The molecular formula is C18H22F2IN3O2. The van der Waals surface area contributed by atoms with E-state index in [1.54, 1.807) is 42.5 Å².